The summed E-state index contributed by atoms with van der Waals surface area (Å²) >= 11 is 81.3. The van der Waals surface area contributed by atoms with Crippen LogP contribution in [0.4, 0.5) is 16.2 Å². The van der Waals surface area contributed by atoms with Crippen LogP contribution in [0.15, 0.2) is 132 Å². The minimum atomic E-state index is -4.67. The molecule has 7 aromatic carbocycles. The summed E-state index contributed by atoms with van der Waals surface area (Å²) in [4.78, 5) is 70.0. The Kier molecular flexibility index (Phi) is 45.5. The molecule has 1 aliphatic heterocycles. The smallest absolute Gasteiger partial charge is 0.422 e. The van der Waals surface area contributed by atoms with Gasteiger partial charge in [0.2, 0.25) is 12.2 Å². The van der Waals surface area contributed by atoms with E-state index in [1.165, 1.54) is 48.5 Å². The second-order valence-corrected chi connectivity index (χ2v) is 36.0. The van der Waals surface area contributed by atoms with Gasteiger partial charge in [-0.25, -0.2) is 29.3 Å². The van der Waals surface area contributed by atoms with Crippen LogP contribution in [0.5, 0.6) is 0 Å². The SMILES string of the molecule is CO.C[Si](C)(C)C#N.C[Si](C)(C)OC(C#N)c1c(Cl)cccc1Cl.O.O=C(O)C(O)c1c(Cl)cccc1Cl.O=C(O)C(O)c1c(Cl)cccc1Cl.O=C1OC(c2c(Cl)cccc2Cl)C(=O)N1c1cc(Cl)ccc1Cl.O=C=Nc1cc(Cl)ccc1Cl.O=Cc1c(Cl)cccc1Cl.O=S(=O)(O)O.[HH]. The third-order valence-corrected chi connectivity index (χ3v) is 16.7. The largest absolute Gasteiger partial charge is 0.479 e. The first-order valence-electron chi connectivity index (χ1n) is 26.5. The number of cyclic esters (lactones) is 1. The maximum Gasteiger partial charge on any atom is 0.422 e. The maximum atomic E-state index is 12.6. The molecule has 0 bridgehead atoms. The highest BCUT2D eigenvalue weighted by Gasteiger charge is 2.45. The van der Waals surface area contributed by atoms with Gasteiger partial charge < -0.3 is 40.2 Å². The molecule has 4 unspecified atom stereocenters. The lowest BCUT2D eigenvalue weighted by atomic mass is 10.1. The number of hydrogen-bond donors (Lipinski definition) is 7. The highest BCUT2D eigenvalue weighted by atomic mass is 35.5. The first-order chi connectivity index (χ1) is 45.9. The van der Waals surface area contributed by atoms with E-state index in [1.54, 1.807) is 84.9 Å². The Morgan fingerprint density at radius 1 is 0.590 bits per heavy atom. The molecule has 0 aliphatic carbocycles. The fraction of sp³-hybridized carbons (Fsp3) is 0.180. The fourth-order valence-electron chi connectivity index (χ4n) is 6.53. The standard InChI is InChI=1S/C15H7Cl4NO3.C11H13Cl2NOSi.2C8H6Cl2O3.C7H3Cl2NO.C7H4Cl2O.C4H9NSi.CH4O.H2O4S.H2O.H2/c16-7-4-5-8(17)11(6-7)20-14(21)13(23-15(20)22)12-9(18)2-1-3-10(12)19;1-16(2,3)15-10(7-14)11-8(12)5-4-6-9(11)13;2*9-4-2-1-3-5(10)6(4)7(11)8(12)13;8-5-1-2-6(9)7(3-5)10-4-11;8-6-2-1-3-7(9)5(6)4-10;1-6(2,3)4-5;1-2;1-5(2,3)4;;/h1-6,13H;4-6,10H,1-3H3;2*1-3,7,11H,(H,12,13);1-3H;1-4H;1-3H3;2H,1H3;(H2,1,2,3,4);1H2;1H. The summed E-state index contributed by atoms with van der Waals surface area (Å²) in [5.74, 6) is -3.40. The van der Waals surface area contributed by atoms with Gasteiger partial charge in [-0.2, -0.15) is 18.7 Å². The maximum absolute atomic E-state index is 12.6. The van der Waals surface area contributed by atoms with Crippen molar-refractivity contribution in [2.75, 3.05) is 12.0 Å². The Morgan fingerprint density at radius 3 is 1.23 bits per heavy atom. The Labute approximate surface area is 647 Å². The van der Waals surface area contributed by atoms with E-state index in [2.05, 4.69) is 16.8 Å². The first-order valence-corrected chi connectivity index (χ1v) is 40.1. The Morgan fingerprint density at radius 2 is 0.920 bits per heavy atom. The molecule has 0 saturated carbocycles. The number of halogens is 14. The van der Waals surface area contributed by atoms with Crippen molar-refractivity contribution in [1.29, 1.82) is 10.5 Å². The Balaban J connectivity index is -0.00000112. The molecule has 0 spiro atoms. The van der Waals surface area contributed by atoms with Crippen molar-refractivity contribution >= 4 is 237 Å². The molecule has 22 nitrogen and oxygen atoms in total. The number of nitriles is 2. The topological polar surface area (TPSA) is 391 Å². The molecule has 7 aromatic rings. The number of rotatable bonds is 11. The number of hydrogen-bond acceptors (Lipinski definition) is 16. The molecular formula is C61H58Cl14N4O18SSi2. The molecule has 1 fully saturated rings. The van der Waals surface area contributed by atoms with Crippen molar-refractivity contribution in [2.24, 2.45) is 4.99 Å². The average molecular weight is 1720 g/mol. The van der Waals surface area contributed by atoms with E-state index in [1.807, 2.05) is 39.3 Å². The van der Waals surface area contributed by atoms with Crippen LogP contribution in [0, 0.1) is 22.3 Å². The number of amides is 2. The van der Waals surface area contributed by atoms with Gasteiger partial charge in [-0.3, -0.25) is 18.7 Å². The number of isocyanates is 1. The summed E-state index contributed by atoms with van der Waals surface area (Å²) in [7, 11) is -6.80. The first kappa shape index (κ1) is 96.7. The zero-order valence-corrected chi connectivity index (χ0v) is 65.6. The minimum Gasteiger partial charge on any atom is -0.479 e. The van der Waals surface area contributed by atoms with E-state index in [9.17, 15) is 39.0 Å². The van der Waals surface area contributed by atoms with Crippen molar-refractivity contribution in [3.8, 4) is 11.8 Å². The number of carboxylic acids is 2. The van der Waals surface area contributed by atoms with Crippen LogP contribution in [0.3, 0.4) is 0 Å². The second-order valence-electron chi connectivity index (χ2n) is 20.2. The zero-order chi connectivity index (χ0) is 76.6. The lowest BCUT2D eigenvalue weighted by molar-refractivity contribution is -0.147. The monoisotopic (exact) mass is 1710 g/mol. The third kappa shape index (κ3) is 34.7. The van der Waals surface area contributed by atoms with Gasteiger partial charge in [0.15, 0.2) is 41.0 Å². The van der Waals surface area contributed by atoms with Gasteiger partial charge in [0, 0.05) is 86.7 Å². The lowest BCUT2D eigenvalue weighted by Crippen LogP contribution is -2.29. The van der Waals surface area contributed by atoms with Gasteiger partial charge in [0.25, 0.3) is 5.91 Å². The van der Waals surface area contributed by atoms with Crippen LogP contribution in [-0.2, 0) is 38.7 Å². The summed E-state index contributed by atoms with van der Waals surface area (Å²) in [6.07, 6.45) is -4.13. The summed E-state index contributed by atoms with van der Waals surface area (Å²) in [6.45, 7) is 12.1. The quantitative estimate of drug-likeness (QED) is 0.0208. The second kappa shape index (κ2) is 47.1. The lowest BCUT2D eigenvalue weighted by Gasteiger charge is -2.23. The number of aldehydes is 1. The number of aliphatic hydroxyl groups is 3. The summed E-state index contributed by atoms with van der Waals surface area (Å²) < 4.78 is 42.5. The molecule has 9 N–H and O–H groups in total. The Bertz CT molecular complexity index is 4030. The van der Waals surface area contributed by atoms with E-state index in [0.717, 1.165) is 12.0 Å². The summed E-state index contributed by atoms with van der Waals surface area (Å²) in [5.41, 5.74) is 3.93. The van der Waals surface area contributed by atoms with Crippen LogP contribution in [0.25, 0.3) is 0 Å². The molecule has 0 radical (unpaired) electrons. The predicted octanol–water partition coefficient (Wildman–Crippen LogP) is 19.7. The van der Waals surface area contributed by atoms with Crippen molar-refractivity contribution < 1.29 is 87.9 Å². The number of aliphatic carboxylic acids is 2. The van der Waals surface area contributed by atoms with E-state index in [0.29, 0.717) is 58.3 Å². The zero-order valence-electron chi connectivity index (χ0n) is 52.2. The van der Waals surface area contributed by atoms with Crippen molar-refractivity contribution in [3.63, 3.8) is 0 Å². The van der Waals surface area contributed by atoms with Crippen molar-refractivity contribution in [3.05, 3.63) is 226 Å². The van der Waals surface area contributed by atoms with Crippen molar-refractivity contribution in [2.45, 2.75) is 63.7 Å². The number of aliphatic imine (C=N–C) groups is 1. The molecule has 8 rings (SSSR count). The van der Waals surface area contributed by atoms with E-state index in [-0.39, 0.29) is 64.4 Å². The van der Waals surface area contributed by atoms with Crippen LogP contribution in [0.1, 0.15) is 58.5 Å². The molecule has 100 heavy (non-hydrogen) atoms. The Hall–Kier alpha value is -5.39. The number of benzene rings is 7. The number of imide groups is 1. The molecule has 0 aromatic heterocycles. The number of aliphatic hydroxyl groups excluding tert-OH is 3. The normalized spacial score (nSPS) is 12.6. The van der Waals surface area contributed by atoms with E-state index < -0.39 is 75.1 Å². The van der Waals surface area contributed by atoms with Crippen LogP contribution in [-0.4, -0.2) is 108 Å². The number of nitrogens with zero attached hydrogens (tertiary/aromatic N) is 4. The number of carbonyl (C=O) groups is 5. The molecule has 39 heteroatoms. The molecule has 1 aliphatic rings. The number of anilines is 1. The molecule has 2 amide bonds. The number of carboxylic acid groups (broad SMARTS) is 2. The minimum absolute atomic E-state index is 0. The van der Waals surface area contributed by atoms with Crippen molar-refractivity contribution in [1.82, 2.24) is 0 Å². The highest BCUT2D eigenvalue weighted by Crippen LogP contribution is 2.42. The molecule has 1 saturated heterocycles. The van der Waals surface area contributed by atoms with Gasteiger partial charge in [-0.15, -0.1) is 0 Å². The molecule has 4 atom stereocenters. The highest BCUT2D eigenvalue weighted by molar-refractivity contribution is 7.79. The molecule has 1 heterocycles. The summed E-state index contributed by atoms with van der Waals surface area (Å²) in [6, 6.07) is 35.1. The average Bonchev–Trinajstić information content (AvgIpc) is 1.63. The number of ether oxygens (including phenoxy) is 1. The van der Waals surface area contributed by atoms with Crippen LogP contribution < -0.4 is 4.90 Å². The summed E-state index contributed by atoms with van der Waals surface area (Å²) in [5, 5.41) is 63.9. The van der Waals surface area contributed by atoms with E-state index >= 15 is 0 Å². The van der Waals surface area contributed by atoms with E-state index in [4.69, 9.17) is 215 Å². The van der Waals surface area contributed by atoms with Gasteiger partial charge in [-0.05, 0) is 117 Å². The molecular weight excluding hydrogens is 1660 g/mol. The number of carbonyl (C=O) groups excluding carboxylic acids is 4. The fourth-order valence-corrected chi connectivity index (χ4v) is 11.0. The van der Waals surface area contributed by atoms with Crippen LogP contribution in [0.2, 0.25) is 110 Å². The van der Waals surface area contributed by atoms with Gasteiger partial charge in [-0.1, -0.05) is 212 Å². The third-order valence-electron chi connectivity index (χ3n) is 10.6. The van der Waals surface area contributed by atoms with Gasteiger partial charge in [0.1, 0.15) is 0 Å². The van der Waals surface area contributed by atoms with Crippen LogP contribution >= 0.6 is 162 Å². The molecule has 542 valence electrons. The van der Waals surface area contributed by atoms with Gasteiger partial charge in [0.05, 0.1) is 43.1 Å². The van der Waals surface area contributed by atoms with Gasteiger partial charge >= 0.3 is 28.4 Å². The predicted molar refractivity (Wildman–Crippen MR) is 400 cm³/mol.